The van der Waals surface area contributed by atoms with Crippen LogP contribution in [0.2, 0.25) is 0 Å². The van der Waals surface area contributed by atoms with Gasteiger partial charge in [-0.15, -0.1) is 15.3 Å². The van der Waals surface area contributed by atoms with Gasteiger partial charge in [0.15, 0.2) is 11.5 Å². The average molecular weight is 363 g/mol. The van der Waals surface area contributed by atoms with Crippen LogP contribution in [0.25, 0.3) is 17.0 Å². The lowest BCUT2D eigenvalue weighted by Gasteiger charge is -2.49. The van der Waals surface area contributed by atoms with E-state index in [1.54, 1.807) is 0 Å². The molecule has 140 valence electrons. The quantitative estimate of drug-likeness (QED) is 0.695. The van der Waals surface area contributed by atoms with Crippen LogP contribution in [-0.2, 0) is 4.74 Å². The lowest BCUT2D eigenvalue weighted by atomic mass is 9.94. The van der Waals surface area contributed by atoms with Gasteiger partial charge in [-0.2, -0.15) is 4.52 Å². The lowest BCUT2D eigenvalue weighted by molar-refractivity contribution is -0.148. The Balaban J connectivity index is 1.55. The molecule has 1 aliphatic carbocycles. The van der Waals surface area contributed by atoms with E-state index in [2.05, 4.69) is 35.0 Å². The Morgan fingerprint density at radius 3 is 2.48 bits per heavy atom. The van der Waals surface area contributed by atoms with Crippen LogP contribution in [0.1, 0.15) is 39.5 Å². The number of anilines is 1. The zero-order valence-corrected chi connectivity index (χ0v) is 15.9. The van der Waals surface area contributed by atoms with Gasteiger partial charge in [0.25, 0.3) is 0 Å². The molecule has 1 aromatic carbocycles. The average Bonchev–Trinajstić information content (AvgIpc) is 3.27. The highest BCUT2D eigenvalue weighted by molar-refractivity contribution is 5.59. The molecule has 1 saturated carbocycles. The first-order valence-corrected chi connectivity index (χ1v) is 9.77. The molecule has 0 radical (unpaired) electrons. The zero-order chi connectivity index (χ0) is 18.5. The second-order valence-corrected chi connectivity index (χ2v) is 8.46. The van der Waals surface area contributed by atoms with Gasteiger partial charge in [-0.25, -0.2) is 0 Å². The van der Waals surface area contributed by atoms with Gasteiger partial charge in [0.2, 0.25) is 0 Å². The van der Waals surface area contributed by atoms with Gasteiger partial charge in [-0.05, 0) is 38.8 Å². The molecule has 0 bridgehead atoms. The largest absolute Gasteiger partial charge is 0.365 e. The van der Waals surface area contributed by atoms with E-state index in [9.17, 15) is 0 Å². The maximum absolute atomic E-state index is 6.54. The molecule has 3 heterocycles. The van der Waals surface area contributed by atoms with E-state index in [1.807, 2.05) is 40.9 Å². The minimum absolute atomic E-state index is 0.0339. The molecule has 5 rings (SSSR count). The summed E-state index contributed by atoms with van der Waals surface area (Å²) in [4.78, 5) is 2.38. The second-order valence-electron chi connectivity index (χ2n) is 8.46. The molecule has 0 amide bonds. The summed E-state index contributed by atoms with van der Waals surface area (Å²) in [5.41, 5.74) is 1.56. The topological polar surface area (TPSA) is 55.6 Å². The van der Waals surface area contributed by atoms with Crippen molar-refractivity contribution in [2.24, 2.45) is 0 Å². The number of hydrogen-bond acceptors (Lipinski definition) is 5. The molecule has 3 aromatic rings. The Labute approximate surface area is 159 Å². The van der Waals surface area contributed by atoms with Gasteiger partial charge < -0.3 is 9.64 Å². The Kier molecular flexibility index (Phi) is 3.72. The van der Waals surface area contributed by atoms with E-state index >= 15 is 0 Å². The molecule has 6 heteroatoms. The molecular weight excluding hydrogens is 338 g/mol. The van der Waals surface area contributed by atoms with E-state index in [1.165, 1.54) is 12.8 Å². The number of benzene rings is 1. The summed E-state index contributed by atoms with van der Waals surface area (Å²) < 4.78 is 8.39. The summed E-state index contributed by atoms with van der Waals surface area (Å²) in [5.74, 6) is 1.73. The second kappa shape index (κ2) is 6.02. The van der Waals surface area contributed by atoms with Crippen molar-refractivity contribution in [1.82, 2.24) is 19.8 Å². The van der Waals surface area contributed by atoms with Gasteiger partial charge in [-0.1, -0.05) is 43.2 Å². The van der Waals surface area contributed by atoms with Crippen molar-refractivity contribution < 1.29 is 4.74 Å². The standard InChI is InChI=1S/C21H25N5O/c1-20(2)14-25(15-21(27-20)12-6-7-13-21)18-11-10-17-22-23-19(26(17)24-18)16-8-4-3-5-9-16/h3-5,8-11H,6-7,12-15H2,1-2H3. The zero-order valence-electron chi connectivity index (χ0n) is 15.9. The normalized spacial score (nSPS) is 21.2. The van der Waals surface area contributed by atoms with E-state index < -0.39 is 0 Å². The number of aromatic nitrogens is 4. The van der Waals surface area contributed by atoms with Crippen LogP contribution < -0.4 is 4.90 Å². The molecule has 27 heavy (non-hydrogen) atoms. The fourth-order valence-electron chi connectivity index (χ4n) is 4.67. The predicted octanol–water partition coefficient (Wildman–Crippen LogP) is 3.72. The summed E-state index contributed by atoms with van der Waals surface area (Å²) in [5, 5.41) is 13.6. The van der Waals surface area contributed by atoms with Gasteiger partial charge in [-0.3, -0.25) is 0 Å². The summed E-state index contributed by atoms with van der Waals surface area (Å²) in [6.07, 6.45) is 4.77. The minimum atomic E-state index is -0.186. The maximum atomic E-state index is 6.54. The van der Waals surface area contributed by atoms with E-state index in [4.69, 9.17) is 9.84 Å². The first-order chi connectivity index (χ1) is 13.0. The third-order valence-electron chi connectivity index (χ3n) is 5.66. The Morgan fingerprint density at radius 2 is 1.70 bits per heavy atom. The Hall–Kier alpha value is -2.47. The minimum Gasteiger partial charge on any atom is -0.365 e. The highest BCUT2D eigenvalue weighted by Crippen LogP contribution is 2.41. The Bertz CT molecular complexity index is 959. The van der Waals surface area contributed by atoms with Crippen LogP contribution in [0.15, 0.2) is 42.5 Å². The number of hydrogen-bond donors (Lipinski definition) is 0. The highest BCUT2D eigenvalue weighted by atomic mass is 16.5. The highest BCUT2D eigenvalue weighted by Gasteiger charge is 2.46. The number of rotatable bonds is 2. The molecule has 2 aromatic heterocycles. The van der Waals surface area contributed by atoms with Crippen LogP contribution in [0.3, 0.4) is 0 Å². The molecule has 0 atom stereocenters. The third-order valence-corrected chi connectivity index (χ3v) is 5.66. The maximum Gasteiger partial charge on any atom is 0.185 e. The van der Waals surface area contributed by atoms with Crippen LogP contribution >= 0.6 is 0 Å². The molecule has 0 N–H and O–H groups in total. The monoisotopic (exact) mass is 363 g/mol. The van der Waals surface area contributed by atoms with Gasteiger partial charge in [0.1, 0.15) is 5.82 Å². The number of nitrogens with zero attached hydrogens (tertiary/aromatic N) is 5. The van der Waals surface area contributed by atoms with Gasteiger partial charge in [0, 0.05) is 18.7 Å². The Morgan fingerprint density at radius 1 is 0.926 bits per heavy atom. The van der Waals surface area contributed by atoms with Gasteiger partial charge in [0.05, 0.1) is 11.2 Å². The molecule has 6 nitrogen and oxygen atoms in total. The van der Waals surface area contributed by atoms with Crippen molar-refractivity contribution in [3.05, 3.63) is 42.5 Å². The van der Waals surface area contributed by atoms with Crippen molar-refractivity contribution in [3.8, 4) is 11.4 Å². The van der Waals surface area contributed by atoms with Crippen molar-refractivity contribution in [3.63, 3.8) is 0 Å². The summed E-state index contributed by atoms with van der Waals surface area (Å²) in [6, 6.07) is 14.2. The van der Waals surface area contributed by atoms with E-state index in [0.29, 0.717) is 0 Å². The molecule has 1 spiro atoms. The summed E-state index contributed by atoms with van der Waals surface area (Å²) >= 11 is 0. The third kappa shape index (κ3) is 2.98. The van der Waals surface area contributed by atoms with Gasteiger partial charge >= 0.3 is 0 Å². The molecule has 1 saturated heterocycles. The van der Waals surface area contributed by atoms with Crippen LogP contribution in [0.4, 0.5) is 5.82 Å². The van der Waals surface area contributed by atoms with E-state index in [0.717, 1.165) is 48.8 Å². The SMILES string of the molecule is CC1(C)CN(c2ccc3nnc(-c4ccccc4)n3n2)CC2(CCCC2)O1. The van der Waals surface area contributed by atoms with Crippen molar-refractivity contribution in [2.75, 3.05) is 18.0 Å². The molecule has 2 aliphatic rings. The van der Waals surface area contributed by atoms with Crippen molar-refractivity contribution in [2.45, 2.75) is 50.7 Å². The fraction of sp³-hybridized carbons (Fsp3) is 0.476. The smallest absolute Gasteiger partial charge is 0.185 e. The summed E-state index contributed by atoms with van der Waals surface area (Å²) in [7, 11) is 0. The van der Waals surface area contributed by atoms with Crippen LogP contribution in [-0.4, -0.2) is 44.1 Å². The molecule has 0 unspecified atom stereocenters. The number of fused-ring (bicyclic) bond motifs is 1. The molecule has 2 fully saturated rings. The number of ether oxygens (including phenoxy) is 1. The number of morpholine rings is 1. The van der Waals surface area contributed by atoms with E-state index in [-0.39, 0.29) is 11.2 Å². The predicted molar refractivity (Wildman–Crippen MR) is 105 cm³/mol. The molecule has 1 aliphatic heterocycles. The fourth-order valence-corrected chi connectivity index (χ4v) is 4.67. The van der Waals surface area contributed by atoms with Crippen molar-refractivity contribution >= 4 is 11.5 Å². The first kappa shape index (κ1) is 16.7. The van der Waals surface area contributed by atoms with Crippen LogP contribution in [0.5, 0.6) is 0 Å². The molecular formula is C21H25N5O. The van der Waals surface area contributed by atoms with Crippen molar-refractivity contribution in [1.29, 1.82) is 0 Å². The first-order valence-electron chi connectivity index (χ1n) is 9.77. The van der Waals surface area contributed by atoms with Crippen LogP contribution in [0, 0.1) is 0 Å². The summed E-state index contributed by atoms with van der Waals surface area (Å²) in [6.45, 7) is 6.10. The lowest BCUT2D eigenvalue weighted by Crippen LogP contribution is -2.59.